The zero-order valence-corrected chi connectivity index (χ0v) is 17.2. The van der Waals surface area contributed by atoms with Crippen molar-refractivity contribution in [2.45, 2.75) is 65.0 Å². The van der Waals surface area contributed by atoms with Crippen molar-refractivity contribution in [1.29, 1.82) is 0 Å². The molecule has 27 heavy (non-hydrogen) atoms. The van der Waals surface area contributed by atoms with E-state index in [1.807, 2.05) is 20.8 Å². The number of rotatable bonds is 8. The molecule has 1 saturated heterocycles. The standard InChI is InChI=1S/C23H35NO3/c1-23(2,3)27-22(25)11-13-26-12-10-18-6-4-7-19(14-18)15-24-16-20-8-5-9-21(20)17-24/h4,6-7,14,20-21H,5,8-13,15-17H2,1-3H3/t20-,21+. The predicted octanol–water partition coefficient (Wildman–Crippen LogP) is 4.21. The molecule has 0 unspecified atom stereocenters. The summed E-state index contributed by atoms with van der Waals surface area (Å²) in [6.45, 7) is 10.3. The van der Waals surface area contributed by atoms with Crippen molar-refractivity contribution in [3.8, 4) is 0 Å². The lowest BCUT2D eigenvalue weighted by Gasteiger charge is -2.19. The van der Waals surface area contributed by atoms with Gasteiger partial charge in [0.15, 0.2) is 0 Å². The number of carbonyl (C=O) groups excluding carboxylic acids is 1. The number of nitrogens with zero attached hydrogens (tertiary/aromatic N) is 1. The maximum Gasteiger partial charge on any atom is 0.308 e. The summed E-state index contributed by atoms with van der Waals surface area (Å²) in [5.74, 6) is 1.71. The average molecular weight is 374 g/mol. The van der Waals surface area contributed by atoms with Crippen LogP contribution >= 0.6 is 0 Å². The third-order valence-electron chi connectivity index (χ3n) is 5.61. The number of fused-ring (bicyclic) bond motifs is 1. The van der Waals surface area contributed by atoms with Crippen LogP contribution in [0.3, 0.4) is 0 Å². The van der Waals surface area contributed by atoms with Crippen LogP contribution in [-0.4, -0.2) is 42.8 Å². The first-order valence-electron chi connectivity index (χ1n) is 10.5. The van der Waals surface area contributed by atoms with Crippen LogP contribution in [0.25, 0.3) is 0 Å². The van der Waals surface area contributed by atoms with Crippen molar-refractivity contribution in [2.75, 3.05) is 26.3 Å². The lowest BCUT2D eigenvalue weighted by atomic mass is 10.0. The minimum atomic E-state index is -0.425. The van der Waals surface area contributed by atoms with E-state index in [-0.39, 0.29) is 5.97 Å². The Morgan fingerprint density at radius 3 is 2.52 bits per heavy atom. The second-order valence-electron chi connectivity index (χ2n) is 9.16. The van der Waals surface area contributed by atoms with Gasteiger partial charge in [-0.15, -0.1) is 0 Å². The fraction of sp³-hybridized carbons (Fsp3) is 0.696. The van der Waals surface area contributed by atoms with E-state index in [0.29, 0.717) is 19.6 Å². The minimum absolute atomic E-state index is 0.195. The van der Waals surface area contributed by atoms with Gasteiger partial charge in [0.25, 0.3) is 0 Å². The summed E-state index contributed by atoms with van der Waals surface area (Å²) in [4.78, 5) is 14.3. The van der Waals surface area contributed by atoms with Crippen LogP contribution in [-0.2, 0) is 27.2 Å². The normalized spacial score (nSPS) is 22.8. The highest BCUT2D eigenvalue weighted by Crippen LogP contribution is 2.38. The van der Waals surface area contributed by atoms with E-state index in [1.54, 1.807) is 0 Å². The summed E-state index contributed by atoms with van der Waals surface area (Å²) < 4.78 is 10.9. The predicted molar refractivity (Wildman–Crippen MR) is 108 cm³/mol. The molecule has 4 nitrogen and oxygen atoms in total. The molecule has 1 aliphatic carbocycles. The fourth-order valence-electron chi connectivity index (χ4n) is 4.44. The fourth-order valence-corrected chi connectivity index (χ4v) is 4.44. The molecular weight excluding hydrogens is 338 g/mol. The molecule has 0 amide bonds. The van der Waals surface area contributed by atoms with Crippen LogP contribution in [0, 0.1) is 11.8 Å². The SMILES string of the molecule is CC(C)(C)OC(=O)CCOCCc1cccc(CN2C[C@H]3CCC[C@H]3C2)c1. The Labute approximate surface area is 164 Å². The maximum absolute atomic E-state index is 11.7. The molecule has 1 aromatic carbocycles. The van der Waals surface area contributed by atoms with Gasteiger partial charge in [-0.05, 0) is 63.0 Å². The van der Waals surface area contributed by atoms with Crippen LogP contribution in [0.1, 0.15) is 57.6 Å². The molecule has 3 rings (SSSR count). The first-order valence-corrected chi connectivity index (χ1v) is 10.5. The Bertz CT molecular complexity index is 610. The molecule has 0 bridgehead atoms. The van der Waals surface area contributed by atoms with Crippen LogP contribution < -0.4 is 0 Å². The Morgan fingerprint density at radius 2 is 1.81 bits per heavy atom. The van der Waals surface area contributed by atoms with Gasteiger partial charge >= 0.3 is 5.97 Å². The molecule has 0 radical (unpaired) electrons. The monoisotopic (exact) mass is 373 g/mol. The molecule has 0 N–H and O–H groups in total. The van der Waals surface area contributed by atoms with Gasteiger partial charge in [0.05, 0.1) is 19.6 Å². The van der Waals surface area contributed by atoms with Crippen molar-refractivity contribution < 1.29 is 14.3 Å². The molecule has 0 aromatic heterocycles. The Kier molecular flexibility index (Phi) is 6.93. The summed E-state index contributed by atoms with van der Waals surface area (Å²) in [6, 6.07) is 8.87. The smallest absolute Gasteiger partial charge is 0.308 e. The van der Waals surface area contributed by atoms with E-state index in [4.69, 9.17) is 9.47 Å². The molecule has 2 fully saturated rings. The number of carbonyl (C=O) groups is 1. The van der Waals surface area contributed by atoms with Crippen LogP contribution in [0.15, 0.2) is 24.3 Å². The van der Waals surface area contributed by atoms with Gasteiger partial charge in [0.2, 0.25) is 0 Å². The number of likely N-dealkylation sites (tertiary alicyclic amines) is 1. The van der Waals surface area contributed by atoms with E-state index in [0.717, 1.165) is 24.8 Å². The molecule has 1 aliphatic heterocycles. The van der Waals surface area contributed by atoms with Crippen LogP contribution in [0.4, 0.5) is 0 Å². The largest absolute Gasteiger partial charge is 0.460 e. The van der Waals surface area contributed by atoms with Crippen molar-refractivity contribution >= 4 is 5.97 Å². The Hall–Kier alpha value is -1.39. The van der Waals surface area contributed by atoms with Gasteiger partial charge in [-0.1, -0.05) is 30.7 Å². The molecule has 150 valence electrons. The second-order valence-corrected chi connectivity index (χ2v) is 9.16. The quantitative estimate of drug-likeness (QED) is 0.505. The number of hydrogen-bond donors (Lipinski definition) is 0. The summed E-state index contributed by atoms with van der Waals surface area (Å²) in [6.07, 6.45) is 5.50. The summed E-state index contributed by atoms with van der Waals surface area (Å²) in [7, 11) is 0. The van der Waals surface area contributed by atoms with Crippen molar-refractivity contribution in [3.63, 3.8) is 0 Å². The van der Waals surface area contributed by atoms with Gasteiger partial charge in [0, 0.05) is 19.6 Å². The molecule has 1 heterocycles. The molecule has 1 saturated carbocycles. The van der Waals surface area contributed by atoms with Gasteiger partial charge in [0.1, 0.15) is 5.60 Å². The van der Waals surface area contributed by atoms with Gasteiger partial charge < -0.3 is 9.47 Å². The van der Waals surface area contributed by atoms with E-state index >= 15 is 0 Å². The van der Waals surface area contributed by atoms with Crippen molar-refractivity contribution in [3.05, 3.63) is 35.4 Å². The first-order chi connectivity index (χ1) is 12.9. The molecule has 2 atom stereocenters. The zero-order chi connectivity index (χ0) is 19.3. The van der Waals surface area contributed by atoms with Gasteiger partial charge in [-0.2, -0.15) is 0 Å². The summed E-state index contributed by atoms with van der Waals surface area (Å²) in [5, 5.41) is 0. The van der Waals surface area contributed by atoms with Crippen LogP contribution in [0.2, 0.25) is 0 Å². The Balaban J connectivity index is 1.35. The average Bonchev–Trinajstić information content (AvgIpc) is 3.14. The lowest BCUT2D eigenvalue weighted by molar-refractivity contribution is -0.156. The van der Waals surface area contributed by atoms with E-state index in [2.05, 4.69) is 29.2 Å². The highest BCUT2D eigenvalue weighted by molar-refractivity contribution is 5.69. The van der Waals surface area contributed by atoms with Gasteiger partial charge in [-0.25, -0.2) is 0 Å². The number of benzene rings is 1. The first kappa shape index (κ1) is 20.3. The molecule has 1 aromatic rings. The summed E-state index contributed by atoms with van der Waals surface area (Å²) in [5.41, 5.74) is 2.29. The highest BCUT2D eigenvalue weighted by Gasteiger charge is 2.35. The number of esters is 1. The lowest BCUT2D eigenvalue weighted by Crippen LogP contribution is -2.24. The van der Waals surface area contributed by atoms with Crippen LogP contribution in [0.5, 0.6) is 0 Å². The molecular formula is C23H35NO3. The topological polar surface area (TPSA) is 38.8 Å². The Morgan fingerprint density at radius 1 is 1.11 bits per heavy atom. The van der Waals surface area contributed by atoms with Crippen molar-refractivity contribution in [1.82, 2.24) is 4.90 Å². The van der Waals surface area contributed by atoms with E-state index in [9.17, 15) is 4.79 Å². The molecule has 2 aliphatic rings. The van der Waals surface area contributed by atoms with E-state index in [1.165, 1.54) is 43.5 Å². The highest BCUT2D eigenvalue weighted by atomic mass is 16.6. The minimum Gasteiger partial charge on any atom is -0.460 e. The van der Waals surface area contributed by atoms with Gasteiger partial charge in [-0.3, -0.25) is 9.69 Å². The number of ether oxygens (including phenoxy) is 2. The maximum atomic E-state index is 11.7. The second kappa shape index (κ2) is 9.20. The third kappa shape index (κ3) is 6.62. The number of hydrogen-bond acceptors (Lipinski definition) is 4. The van der Waals surface area contributed by atoms with Crippen molar-refractivity contribution in [2.24, 2.45) is 11.8 Å². The third-order valence-corrected chi connectivity index (χ3v) is 5.61. The summed E-state index contributed by atoms with van der Waals surface area (Å²) >= 11 is 0. The zero-order valence-electron chi connectivity index (χ0n) is 17.2. The van der Waals surface area contributed by atoms with E-state index < -0.39 is 5.60 Å². The molecule has 4 heteroatoms. The molecule has 0 spiro atoms.